The Morgan fingerprint density at radius 2 is 1.64 bits per heavy atom. The van der Waals surface area contributed by atoms with E-state index in [1.54, 1.807) is 0 Å². The summed E-state index contributed by atoms with van der Waals surface area (Å²) >= 11 is 0. The fourth-order valence-electron chi connectivity index (χ4n) is 3.74. The number of amides is 1. The number of rotatable bonds is 6. The van der Waals surface area contributed by atoms with Gasteiger partial charge in [-0.2, -0.15) is 0 Å². The van der Waals surface area contributed by atoms with Gasteiger partial charge in [0.25, 0.3) is 0 Å². The van der Waals surface area contributed by atoms with Gasteiger partial charge in [0.1, 0.15) is 5.75 Å². The van der Waals surface area contributed by atoms with Crippen molar-refractivity contribution in [1.82, 2.24) is 14.9 Å². The van der Waals surface area contributed by atoms with Crippen molar-refractivity contribution in [3.8, 4) is 0 Å². The predicted molar refractivity (Wildman–Crippen MR) is 87.1 cm³/mol. The molecule has 1 heterocycles. The Labute approximate surface area is 134 Å². The Morgan fingerprint density at radius 1 is 1.05 bits per heavy atom. The molecule has 128 valence electrons. The first-order valence-electron chi connectivity index (χ1n) is 8.40. The topological polar surface area (TPSA) is 78.5 Å². The summed E-state index contributed by atoms with van der Waals surface area (Å²) in [6.07, 6.45) is 9.60. The van der Waals surface area contributed by atoms with Gasteiger partial charge in [-0.3, -0.25) is 9.69 Å². The monoisotopic (exact) mass is 331 g/mol. The van der Waals surface area contributed by atoms with Crippen molar-refractivity contribution in [3.05, 3.63) is 0 Å². The third kappa shape index (κ3) is 4.67. The van der Waals surface area contributed by atoms with Crippen LogP contribution in [0.2, 0.25) is 0 Å². The SMILES string of the molecule is CNS(=O)(=O)CC(=O)NCC1(N2CCCCC2)CCCCC1. The van der Waals surface area contributed by atoms with Crippen LogP contribution in [0.15, 0.2) is 0 Å². The molecule has 0 atom stereocenters. The van der Waals surface area contributed by atoms with E-state index in [1.807, 2.05) is 0 Å². The normalized spacial score (nSPS) is 23.1. The van der Waals surface area contributed by atoms with Gasteiger partial charge in [-0.15, -0.1) is 0 Å². The minimum Gasteiger partial charge on any atom is -0.353 e. The second-order valence-corrected chi connectivity index (χ2v) is 8.50. The van der Waals surface area contributed by atoms with E-state index in [0.717, 1.165) is 25.9 Å². The van der Waals surface area contributed by atoms with Crippen LogP contribution >= 0.6 is 0 Å². The van der Waals surface area contributed by atoms with E-state index in [0.29, 0.717) is 6.54 Å². The van der Waals surface area contributed by atoms with Gasteiger partial charge in [-0.05, 0) is 45.8 Å². The highest BCUT2D eigenvalue weighted by molar-refractivity contribution is 7.90. The predicted octanol–water partition coefficient (Wildman–Crippen LogP) is 0.841. The van der Waals surface area contributed by atoms with Gasteiger partial charge in [0.2, 0.25) is 15.9 Å². The first-order chi connectivity index (χ1) is 10.5. The Morgan fingerprint density at radius 3 is 2.23 bits per heavy atom. The third-order valence-electron chi connectivity index (χ3n) is 5.06. The smallest absolute Gasteiger partial charge is 0.236 e. The number of nitrogens with zero attached hydrogens (tertiary/aromatic N) is 1. The zero-order chi connectivity index (χ0) is 16.1. The van der Waals surface area contributed by atoms with Crippen molar-refractivity contribution >= 4 is 15.9 Å². The lowest BCUT2D eigenvalue weighted by molar-refractivity contribution is -0.119. The number of hydrogen-bond donors (Lipinski definition) is 2. The molecule has 2 aliphatic rings. The van der Waals surface area contributed by atoms with Crippen LogP contribution in [0.3, 0.4) is 0 Å². The van der Waals surface area contributed by atoms with Gasteiger partial charge in [0, 0.05) is 12.1 Å². The molecular weight excluding hydrogens is 302 g/mol. The number of hydrogen-bond acceptors (Lipinski definition) is 4. The van der Waals surface area contributed by atoms with Crippen LogP contribution in [0.4, 0.5) is 0 Å². The minimum atomic E-state index is -3.49. The third-order valence-corrected chi connectivity index (χ3v) is 6.32. The summed E-state index contributed by atoms with van der Waals surface area (Å²) < 4.78 is 25.1. The van der Waals surface area contributed by atoms with E-state index in [2.05, 4.69) is 14.9 Å². The van der Waals surface area contributed by atoms with Crippen molar-refractivity contribution in [2.24, 2.45) is 0 Å². The van der Waals surface area contributed by atoms with E-state index in [1.165, 1.54) is 45.6 Å². The van der Waals surface area contributed by atoms with Crippen molar-refractivity contribution in [3.63, 3.8) is 0 Å². The summed E-state index contributed by atoms with van der Waals surface area (Å²) in [4.78, 5) is 14.5. The molecule has 2 rings (SSSR count). The molecule has 1 amide bonds. The molecule has 2 N–H and O–H groups in total. The number of nitrogens with one attached hydrogen (secondary N) is 2. The van der Waals surface area contributed by atoms with Crippen molar-refractivity contribution in [1.29, 1.82) is 0 Å². The van der Waals surface area contributed by atoms with E-state index < -0.39 is 21.7 Å². The van der Waals surface area contributed by atoms with E-state index in [4.69, 9.17) is 0 Å². The first-order valence-corrected chi connectivity index (χ1v) is 10.1. The van der Waals surface area contributed by atoms with Crippen LogP contribution in [-0.2, 0) is 14.8 Å². The van der Waals surface area contributed by atoms with Gasteiger partial charge in [-0.25, -0.2) is 13.1 Å². The van der Waals surface area contributed by atoms with Crippen LogP contribution in [0.25, 0.3) is 0 Å². The molecule has 7 heteroatoms. The molecule has 0 unspecified atom stereocenters. The van der Waals surface area contributed by atoms with Crippen molar-refractivity contribution in [2.75, 3.05) is 32.4 Å². The van der Waals surface area contributed by atoms with Crippen LogP contribution in [-0.4, -0.2) is 57.2 Å². The summed E-state index contributed by atoms with van der Waals surface area (Å²) in [7, 11) is -2.16. The van der Waals surface area contributed by atoms with Gasteiger partial charge in [-0.1, -0.05) is 25.7 Å². The maximum atomic E-state index is 11.9. The van der Waals surface area contributed by atoms with Crippen LogP contribution in [0.5, 0.6) is 0 Å². The number of likely N-dealkylation sites (tertiary alicyclic amines) is 1. The number of sulfonamides is 1. The highest BCUT2D eigenvalue weighted by Crippen LogP contribution is 2.35. The molecule has 6 nitrogen and oxygen atoms in total. The highest BCUT2D eigenvalue weighted by atomic mass is 32.2. The largest absolute Gasteiger partial charge is 0.353 e. The lowest BCUT2D eigenvalue weighted by atomic mass is 9.79. The fraction of sp³-hybridized carbons (Fsp3) is 0.933. The fourth-order valence-corrected chi connectivity index (χ4v) is 4.33. The quantitative estimate of drug-likeness (QED) is 0.756. The molecule has 0 aromatic rings. The van der Waals surface area contributed by atoms with Gasteiger partial charge in [0.05, 0.1) is 0 Å². The second kappa shape index (κ2) is 7.75. The minimum absolute atomic E-state index is 0.0394. The average Bonchev–Trinajstić information content (AvgIpc) is 2.54. The Bertz CT molecular complexity index is 466. The molecule has 22 heavy (non-hydrogen) atoms. The van der Waals surface area contributed by atoms with Crippen molar-refractivity contribution < 1.29 is 13.2 Å². The molecule has 1 aliphatic heterocycles. The summed E-state index contributed by atoms with van der Waals surface area (Å²) in [6, 6.07) is 0. The summed E-state index contributed by atoms with van der Waals surface area (Å²) in [5.74, 6) is -0.893. The maximum absolute atomic E-state index is 11.9. The van der Waals surface area contributed by atoms with Crippen LogP contribution in [0.1, 0.15) is 51.4 Å². The highest BCUT2D eigenvalue weighted by Gasteiger charge is 2.38. The summed E-state index contributed by atoms with van der Waals surface area (Å²) in [5, 5.41) is 2.88. The molecule has 0 aromatic carbocycles. The molecular formula is C15H29N3O3S. The van der Waals surface area contributed by atoms with E-state index >= 15 is 0 Å². The van der Waals surface area contributed by atoms with E-state index in [9.17, 15) is 13.2 Å². The Balaban J connectivity index is 1.96. The van der Waals surface area contributed by atoms with E-state index in [-0.39, 0.29) is 5.54 Å². The molecule has 1 saturated carbocycles. The average molecular weight is 331 g/mol. The summed E-state index contributed by atoms with van der Waals surface area (Å²) in [5.41, 5.74) is 0.0394. The zero-order valence-corrected chi connectivity index (χ0v) is 14.4. The lowest BCUT2D eigenvalue weighted by Crippen LogP contribution is -2.58. The number of carbonyl (C=O) groups excluding carboxylic acids is 1. The second-order valence-electron chi connectivity index (χ2n) is 6.57. The Hall–Kier alpha value is -0.660. The summed E-state index contributed by atoms with van der Waals surface area (Å²) in [6.45, 7) is 2.78. The van der Waals surface area contributed by atoms with Gasteiger partial charge < -0.3 is 5.32 Å². The van der Waals surface area contributed by atoms with Crippen molar-refractivity contribution in [2.45, 2.75) is 56.9 Å². The molecule has 1 saturated heterocycles. The molecule has 0 radical (unpaired) electrons. The Kier molecular flexibility index (Phi) is 6.23. The molecule has 2 fully saturated rings. The van der Waals surface area contributed by atoms with Gasteiger partial charge >= 0.3 is 0 Å². The van der Waals surface area contributed by atoms with Crippen LogP contribution in [0, 0.1) is 0 Å². The number of piperidine rings is 1. The molecule has 1 aliphatic carbocycles. The first kappa shape index (κ1) is 17.7. The maximum Gasteiger partial charge on any atom is 0.236 e. The lowest BCUT2D eigenvalue weighted by Gasteiger charge is -2.48. The molecule has 0 bridgehead atoms. The molecule has 0 aromatic heterocycles. The van der Waals surface area contributed by atoms with Gasteiger partial charge in [0.15, 0.2) is 0 Å². The standard InChI is InChI=1S/C15H29N3O3S/c1-16-22(20,21)12-14(19)17-13-15(8-4-2-5-9-15)18-10-6-3-7-11-18/h16H,2-13H2,1H3,(H,17,19). The zero-order valence-electron chi connectivity index (χ0n) is 13.6. The number of carbonyl (C=O) groups is 1. The van der Waals surface area contributed by atoms with Crippen LogP contribution < -0.4 is 10.0 Å². The molecule has 0 spiro atoms.